The Morgan fingerprint density at radius 1 is 1.35 bits per heavy atom. The third kappa shape index (κ3) is 3.78. The Labute approximate surface area is 125 Å². The van der Waals surface area contributed by atoms with E-state index in [0.717, 1.165) is 12.0 Å². The van der Waals surface area contributed by atoms with E-state index in [1.807, 2.05) is 18.2 Å². The summed E-state index contributed by atoms with van der Waals surface area (Å²) in [7, 11) is 0. The Morgan fingerprint density at radius 3 is 3.00 bits per heavy atom. The van der Waals surface area contributed by atoms with Crippen LogP contribution in [0.3, 0.4) is 0 Å². The van der Waals surface area contributed by atoms with Gasteiger partial charge in [-0.1, -0.05) is 54.3 Å². The Morgan fingerprint density at radius 2 is 2.20 bits per heavy atom. The molecule has 0 aromatic heterocycles. The van der Waals surface area contributed by atoms with Crippen molar-refractivity contribution in [3.05, 3.63) is 83.5 Å². The summed E-state index contributed by atoms with van der Waals surface area (Å²) in [6.45, 7) is 6.20. The zero-order valence-corrected chi connectivity index (χ0v) is 12.5. The van der Waals surface area contributed by atoms with E-state index in [4.69, 9.17) is 5.73 Å². The molecule has 20 heavy (non-hydrogen) atoms. The average Bonchev–Trinajstić information content (AvgIpc) is 2.43. The lowest BCUT2D eigenvalue weighted by Crippen LogP contribution is -1.90. The maximum atomic E-state index is 5.39. The molecule has 1 aromatic rings. The Kier molecular flexibility index (Phi) is 5.08. The third-order valence-corrected chi connectivity index (χ3v) is 3.99. The van der Waals surface area contributed by atoms with Crippen molar-refractivity contribution in [1.29, 1.82) is 0 Å². The molecule has 1 nitrogen and oxygen atoms in total. The van der Waals surface area contributed by atoms with Gasteiger partial charge in [-0.15, -0.1) is 0 Å². The van der Waals surface area contributed by atoms with E-state index in [2.05, 4.69) is 49.3 Å². The van der Waals surface area contributed by atoms with Crippen molar-refractivity contribution >= 4 is 17.3 Å². The van der Waals surface area contributed by atoms with Crippen LogP contribution < -0.4 is 5.73 Å². The van der Waals surface area contributed by atoms with Gasteiger partial charge in [-0.3, -0.25) is 0 Å². The lowest BCUT2D eigenvalue weighted by atomic mass is 10.0. The smallest absolute Gasteiger partial charge is 0.0194 e. The van der Waals surface area contributed by atoms with Crippen molar-refractivity contribution < 1.29 is 0 Å². The molecule has 102 valence electrons. The van der Waals surface area contributed by atoms with Crippen LogP contribution in [0.15, 0.2) is 77.2 Å². The molecule has 0 bridgehead atoms. The van der Waals surface area contributed by atoms with Gasteiger partial charge in [-0.25, -0.2) is 0 Å². The largest absolute Gasteiger partial charge is 0.405 e. The monoisotopic (exact) mass is 281 g/mol. The quantitative estimate of drug-likeness (QED) is 0.802. The topological polar surface area (TPSA) is 26.0 Å². The zero-order chi connectivity index (χ0) is 14.4. The summed E-state index contributed by atoms with van der Waals surface area (Å²) in [6, 6.07) is 6.57. The molecule has 0 atom stereocenters. The van der Waals surface area contributed by atoms with Crippen LogP contribution in [0.25, 0.3) is 5.57 Å². The number of benzene rings is 1. The van der Waals surface area contributed by atoms with E-state index in [9.17, 15) is 0 Å². The molecule has 0 spiro atoms. The summed E-state index contributed by atoms with van der Waals surface area (Å²) in [4.78, 5) is 1.25. The molecule has 2 rings (SSSR count). The summed E-state index contributed by atoms with van der Waals surface area (Å²) in [5.41, 5.74) is 10.1. The molecule has 0 saturated heterocycles. The molecule has 0 aliphatic carbocycles. The number of hydrogen-bond donors (Lipinski definition) is 1. The molecule has 1 aromatic carbocycles. The maximum absolute atomic E-state index is 5.39. The highest BCUT2D eigenvalue weighted by molar-refractivity contribution is 8.02. The molecular weight excluding hydrogens is 262 g/mol. The van der Waals surface area contributed by atoms with Gasteiger partial charge in [0, 0.05) is 4.90 Å². The molecule has 1 aliphatic rings. The lowest BCUT2D eigenvalue weighted by molar-refractivity contribution is 1.21. The Bertz CT molecular complexity index is 618. The number of hydrogen-bond acceptors (Lipinski definition) is 2. The Hall–Kier alpha value is -1.93. The molecule has 0 fully saturated rings. The van der Waals surface area contributed by atoms with E-state index in [1.165, 1.54) is 21.6 Å². The zero-order valence-electron chi connectivity index (χ0n) is 11.7. The fourth-order valence-electron chi connectivity index (χ4n) is 1.98. The highest BCUT2D eigenvalue weighted by Gasteiger charge is 2.06. The molecule has 0 amide bonds. The van der Waals surface area contributed by atoms with Crippen LogP contribution in [-0.2, 0) is 6.42 Å². The van der Waals surface area contributed by atoms with Crippen molar-refractivity contribution in [2.24, 2.45) is 5.73 Å². The highest BCUT2D eigenvalue weighted by Crippen LogP contribution is 2.31. The third-order valence-electron chi connectivity index (χ3n) is 3.09. The normalized spacial score (nSPS) is 18.4. The standard InChI is InChI=1S/C18H19NS/c1-14(10-11-19)6-7-16-8-9-18-17(13-16)15(2)5-3-4-12-20-18/h3-6,8-13H,2,7,19H2,1H3/b5-3-,11-10-,12-4-,14-6-. The second kappa shape index (κ2) is 7.01. The molecule has 2 N–H and O–H groups in total. The van der Waals surface area contributed by atoms with Crippen LogP contribution in [0.2, 0.25) is 0 Å². The number of allylic oxidation sites excluding steroid dienone is 7. The average molecular weight is 281 g/mol. The van der Waals surface area contributed by atoms with Gasteiger partial charge in [0.2, 0.25) is 0 Å². The summed E-state index contributed by atoms with van der Waals surface area (Å²) < 4.78 is 0. The minimum atomic E-state index is 0.904. The first-order valence-corrected chi connectivity index (χ1v) is 7.46. The van der Waals surface area contributed by atoms with Crippen LogP contribution in [0.5, 0.6) is 0 Å². The second-order valence-corrected chi connectivity index (χ2v) is 5.62. The van der Waals surface area contributed by atoms with Crippen molar-refractivity contribution in [2.75, 3.05) is 0 Å². The Balaban J connectivity index is 2.26. The van der Waals surface area contributed by atoms with Crippen molar-refractivity contribution in [2.45, 2.75) is 18.2 Å². The van der Waals surface area contributed by atoms with Gasteiger partial charge in [0.15, 0.2) is 0 Å². The fourth-order valence-corrected chi connectivity index (χ4v) is 2.76. The summed E-state index contributed by atoms with van der Waals surface area (Å²) in [5.74, 6) is 0. The van der Waals surface area contributed by atoms with Crippen LogP contribution in [0.1, 0.15) is 18.1 Å². The van der Waals surface area contributed by atoms with E-state index in [-0.39, 0.29) is 0 Å². The first-order chi connectivity index (χ1) is 9.70. The molecule has 0 unspecified atom stereocenters. The SMILES string of the molecule is C=C1/C=C\C=C/Sc2ccc(C/C=C(C)\C=C/N)cc21. The molecular formula is C18H19NS. The first-order valence-electron chi connectivity index (χ1n) is 6.58. The van der Waals surface area contributed by atoms with Crippen LogP contribution in [0.4, 0.5) is 0 Å². The van der Waals surface area contributed by atoms with Gasteiger partial charge in [0.1, 0.15) is 0 Å². The van der Waals surface area contributed by atoms with Gasteiger partial charge in [0.25, 0.3) is 0 Å². The van der Waals surface area contributed by atoms with Crippen molar-refractivity contribution in [3.8, 4) is 0 Å². The van der Waals surface area contributed by atoms with Crippen molar-refractivity contribution in [1.82, 2.24) is 0 Å². The highest BCUT2D eigenvalue weighted by atomic mass is 32.2. The lowest BCUT2D eigenvalue weighted by Gasteiger charge is -2.11. The van der Waals surface area contributed by atoms with E-state index < -0.39 is 0 Å². The summed E-state index contributed by atoms with van der Waals surface area (Å²) in [6.07, 6.45) is 12.7. The molecule has 2 heteroatoms. The minimum Gasteiger partial charge on any atom is -0.405 e. The molecule has 1 heterocycles. The maximum Gasteiger partial charge on any atom is 0.0194 e. The summed E-state index contributed by atoms with van der Waals surface area (Å²) in [5, 5.41) is 2.09. The molecule has 1 aliphatic heterocycles. The van der Waals surface area contributed by atoms with Gasteiger partial charge >= 0.3 is 0 Å². The summed E-state index contributed by atoms with van der Waals surface area (Å²) >= 11 is 1.73. The van der Waals surface area contributed by atoms with Crippen molar-refractivity contribution in [3.63, 3.8) is 0 Å². The van der Waals surface area contributed by atoms with Crippen LogP contribution in [0, 0.1) is 0 Å². The number of fused-ring (bicyclic) bond motifs is 1. The number of nitrogens with two attached hydrogens (primary N) is 1. The predicted molar refractivity (Wildman–Crippen MR) is 90.4 cm³/mol. The fraction of sp³-hybridized carbons (Fsp3) is 0.111. The number of thioether (sulfide) groups is 1. The van der Waals surface area contributed by atoms with Gasteiger partial charge in [-0.05, 0) is 59.9 Å². The van der Waals surface area contributed by atoms with Gasteiger partial charge in [-0.2, -0.15) is 0 Å². The molecule has 0 saturated carbocycles. The number of rotatable bonds is 3. The first kappa shape index (κ1) is 14.5. The van der Waals surface area contributed by atoms with Crippen LogP contribution >= 0.6 is 11.8 Å². The minimum absolute atomic E-state index is 0.904. The molecule has 0 radical (unpaired) electrons. The predicted octanol–water partition coefficient (Wildman–Crippen LogP) is 4.84. The van der Waals surface area contributed by atoms with Crippen LogP contribution in [-0.4, -0.2) is 0 Å². The van der Waals surface area contributed by atoms with E-state index >= 15 is 0 Å². The van der Waals surface area contributed by atoms with Gasteiger partial charge in [0.05, 0.1) is 0 Å². The van der Waals surface area contributed by atoms with E-state index in [1.54, 1.807) is 18.0 Å². The van der Waals surface area contributed by atoms with E-state index in [0.29, 0.717) is 0 Å². The second-order valence-electron chi connectivity index (χ2n) is 4.67. The van der Waals surface area contributed by atoms with Gasteiger partial charge < -0.3 is 5.73 Å².